The average Bonchev–Trinajstić information content (AvgIpc) is 3.01. The molecule has 3 rings (SSSR count). The lowest BCUT2D eigenvalue weighted by molar-refractivity contribution is 0.568. The van der Waals surface area contributed by atoms with E-state index in [0.29, 0.717) is 12.2 Å². The van der Waals surface area contributed by atoms with Gasteiger partial charge in [-0.05, 0) is 24.1 Å². The fraction of sp³-hybridized carbons (Fsp3) is 0.133. The zero-order valence-electron chi connectivity index (χ0n) is 10.7. The van der Waals surface area contributed by atoms with Crippen molar-refractivity contribution in [2.45, 2.75) is 13.5 Å². The maximum atomic E-state index is 6.00. The Balaban J connectivity index is 1.91. The van der Waals surface area contributed by atoms with Crippen molar-refractivity contribution in [1.82, 2.24) is 9.78 Å². The molecule has 0 atom stereocenters. The van der Waals surface area contributed by atoms with Gasteiger partial charge in [0.05, 0.1) is 24.8 Å². The highest BCUT2D eigenvalue weighted by molar-refractivity contribution is 5.70. The summed E-state index contributed by atoms with van der Waals surface area (Å²) in [6.07, 6.45) is 5.13. The summed E-state index contributed by atoms with van der Waals surface area (Å²) < 4.78 is 6.93. The van der Waals surface area contributed by atoms with Gasteiger partial charge in [-0.15, -0.1) is 0 Å². The van der Waals surface area contributed by atoms with Crippen LogP contribution in [0.15, 0.2) is 53.5 Å². The number of rotatable bonds is 3. The number of aryl methyl sites for hydroxylation is 1. The first-order valence-electron chi connectivity index (χ1n) is 6.14. The van der Waals surface area contributed by atoms with Crippen LogP contribution in [0.4, 0.5) is 5.69 Å². The van der Waals surface area contributed by atoms with E-state index in [1.807, 2.05) is 29.1 Å². The van der Waals surface area contributed by atoms with Crippen LogP contribution in [0.1, 0.15) is 11.1 Å². The molecule has 0 bridgehead atoms. The van der Waals surface area contributed by atoms with Gasteiger partial charge in [0.2, 0.25) is 0 Å². The molecule has 0 amide bonds. The van der Waals surface area contributed by atoms with E-state index in [0.717, 1.165) is 11.3 Å². The zero-order chi connectivity index (χ0) is 13.2. The van der Waals surface area contributed by atoms with Gasteiger partial charge >= 0.3 is 0 Å². The maximum Gasteiger partial charge on any atom is 0.118 e. The maximum absolute atomic E-state index is 6.00. The van der Waals surface area contributed by atoms with E-state index >= 15 is 0 Å². The van der Waals surface area contributed by atoms with Crippen LogP contribution in [0.2, 0.25) is 0 Å². The molecule has 0 aliphatic rings. The minimum Gasteiger partial charge on any atom is -0.472 e. The van der Waals surface area contributed by atoms with E-state index in [4.69, 9.17) is 10.2 Å². The number of furan rings is 1. The first-order chi connectivity index (χ1) is 9.24. The van der Waals surface area contributed by atoms with Crippen molar-refractivity contribution in [2.24, 2.45) is 0 Å². The predicted molar refractivity (Wildman–Crippen MR) is 74.6 cm³/mol. The minimum atomic E-state index is 0.662. The van der Waals surface area contributed by atoms with Gasteiger partial charge in [-0.1, -0.05) is 24.3 Å². The summed E-state index contributed by atoms with van der Waals surface area (Å²) in [5.41, 5.74) is 10.8. The molecule has 1 aromatic carbocycles. The summed E-state index contributed by atoms with van der Waals surface area (Å²) in [6, 6.07) is 10.1. The van der Waals surface area contributed by atoms with Crippen molar-refractivity contribution in [3.8, 4) is 11.3 Å². The molecule has 0 radical (unpaired) electrons. The molecular formula is C15H15N3O. The normalized spacial score (nSPS) is 10.8. The van der Waals surface area contributed by atoms with Gasteiger partial charge in [0.25, 0.3) is 0 Å². The molecule has 0 aliphatic carbocycles. The molecule has 4 heteroatoms. The molecule has 96 valence electrons. The number of anilines is 1. The molecule has 2 heterocycles. The lowest BCUT2D eigenvalue weighted by atomic mass is 10.1. The van der Waals surface area contributed by atoms with Gasteiger partial charge in [0.15, 0.2) is 0 Å². The third-order valence-electron chi connectivity index (χ3n) is 3.18. The van der Waals surface area contributed by atoms with E-state index in [-0.39, 0.29) is 0 Å². The Morgan fingerprint density at radius 1 is 1.26 bits per heavy atom. The van der Waals surface area contributed by atoms with Crippen LogP contribution in [0, 0.1) is 6.92 Å². The average molecular weight is 253 g/mol. The van der Waals surface area contributed by atoms with Crippen molar-refractivity contribution in [2.75, 3.05) is 5.73 Å². The molecule has 0 aliphatic heterocycles. The fourth-order valence-corrected chi connectivity index (χ4v) is 2.10. The molecule has 0 saturated heterocycles. The smallest absolute Gasteiger partial charge is 0.118 e. The van der Waals surface area contributed by atoms with Crippen molar-refractivity contribution < 1.29 is 4.42 Å². The number of nitrogens with two attached hydrogens (primary N) is 1. The number of hydrogen-bond acceptors (Lipinski definition) is 3. The van der Waals surface area contributed by atoms with E-state index in [2.05, 4.69) is 24.2 Å². The molecule has 0 fully saturated rings. The van der Waals surface area contributed by atoms with Crippen LogP contribution >= 0.6 is 0 Å². The zero-order valence-corrected chi connectivity index (χ0v) is 10.7. The third-order valence-corrected chi connectivity index (χ3v) is 3.18. The van der Waals surface area contributed by atoms with Gasteiger partial charge in [-0.2, -0.15) is 5.10 Å². The first kappa shape index (κ1) is 11.6. The van der Waals surface area contributed by atoms with Crippen LogP contribution in [-0.2, 0) is 6.54 Å². The van der Waals surface area contributed by atoms with Gasteiger partial charge < -0.3 is 10.2 Å². The number of benzene rings is 1. The summed E-state index contributed by atoms with van der Waals surface area (Å²) in [6.45, 7) is 2.81. The number of aromatic nitrogens is 2. The Kier molecular flexibility index (Phi) is 2.83. The summed E-state index contributed by atoms with van der Waals surface area (Å²) in [4.78, 5) is 0. The third kappa shape index (κ3) is 2.25. The van der Waals surface area contributed by atoms with Crippen molar-refractivity contribution in [1.29, 1.82) is 0 Å². The van der Waals surface area contributed by atoms with Gasteiger partial charge in [0.1, 0.15) is 5.69 Å². The standard InChI is InChI=1S/C15H15N3O/c1-11-4-2-3-5-12(11)8-18-9-14(16)15(17-18)13-6-7-19-10-13/h2-7,9-10H,8,16H2,1H3. The molecule has 0 spiro atoms. The lowest BCUT2D eigenvalue weighted by Crippen LogP contribution is -2.01. The lowest BCUT2D eigenvalue weighted by Gasteiger charge is -2.05. The monoisotopic (exact) mass is 253 g/mol. The molecular weight excluding hydrogens is 238 g/mol. The summed E-state index contributed by atoms with van der Waals surface area (Å²) in [5.74, 6) is 0. The summed E-state index contributed by atoms with van der Waals surface area (Å²) >= 11 is 0. The quantitative estimate of drug-likeness (QED) is 0.780. The highest BCUT2D eigenvalue weighted by Gasteiger charge is 2.10. The molecule has 2 N–H and O–H groups in total. The summed E-state index contributed by atoms with van der Waals surface area (Å²) in [5, 5.41) is 4.52. The second-order valence-electron chi connectivity index (χ2n) is 4.57. The van der Waals surface area contributed by atoms with Crippen LogP contribution in [-0.4, -0.2) is 9.78 Å². The van der Waals surface area contributed by atoms with Crippen molar-refractivity contribution in [3.05, 3.63) is 60.2 Å². The van der Waals surface area contributed by atoms with Crippen LogP contribution in [0.3, 0.4) is 0 Å². The molecule has 4 nitrogen and oxygen atoms in total. The van der Waals surface area contributed by atoms with Crippen LogP contribution < -0.4 is 5.73 Å². The highest BCUT2D eigenvalue weighted by atomic mass is 16.3. The SMILES string of the molecule is Cc1ccccc1Cn1cc(N)c(-c2ccoc2)n1. The Morgan fingerprint density at radius 3 is 2.84 bits per heavy atom. The van der Waals surface area contributed by atoms with E-state index in [1.54, 1.807) is 12.5 Å². The first-order valence-corrected chi connectivity index (χ1v) is 6.14. The van der Waals surface area contributed by atoms with Gasteiger partial charge in [-0.3, -0.25) is 4.68 Å². The Labute approximate surface area is 111 Å². The van der Waals surface area contributed by atoms with E-state index in [1.165, 1.54) is 11.1 Å². The second-order valence-corrected chi connectivity index (χ2v) is 4.57. The van der Waals surface area contributed by atoms with Crippen LogP contribution in [0.25, 0.3) is 11.3 Å². The minimum absolute atomic E-state index is 0.662. The van der Waals surface area contributed by atoms with E-state index < -0.39 is 0 Å². The number of nitrogens with zero attached hydrogens (tertiary/aromatic N) is 2. The summed E-state index contributed by atoms with van der Waals surface area (Å²) in [7, 11) is 0. The topological polar surface area (TPSA) is 57.0 Å². The van der Waals surface area contributed by atoms with Crippen LogP contribution in [0.5, 0.6) is 0 Å². The van der Waals surface area contributed by atoms with E-state index in [9.17, 15) is 0 Å². The predicted octanol–water partition coefficient (Wildman–Crippen LogP) is 3.08. The number of hydrogen-bond donors (Lipinski definition) is 1. The highest BCUT2D eigenvalue weighted by Crippen LogP contribution is 2.24. The number of nitrogen functional groups attached to an aromatic ring is 1. The molecule has 0 saturated carbocycles. The Morgan fingerprint density at radius 2 is 2.11 bits per heavy atom. The Hall–Kier alpha value is -2.49. The molecule has 3 aromatic rings. The van der Waals surface area contributed by atoms with Crippen molar-refractivity contribution >= 4 is 5.69 Å². The fourth-order valence-electron chi connectivity index (χ4n) is 2.10. The molecule has 2 aromatic heterocycles. The Bertz CT molecular complexity index is 683. The molecule has 0 unspecified atom stereocenters. The molecule has 19 heavy (non-hydrogen) atoms. The van der Waals surface area contributed by atoms with Crippen molar-refractivity contribution in [3.63, 3.8) is 0 Å². The second kappa shape index (κ2) is 4.65. The van der Waals surface area contributed by atoms with Gasteiger partial charge in [0, 0.05) is 11.8 Å². The largest absolute Gasteiger partial charge is 0.472 e. The van der Waals surface area contributed by atoms with Gasteiger partial charge in [-0.25, -0.2) is 0 Å².